The Hall–Kier alpha value is -2.49. The van der Waals surface area contributed by atoms with Crippen LogP contribution in [0.5, 0.6) is 0 Å². The molecule has 0 spiro atoms. The van der Waals surface area contributed by atoms with Crippen LogP contribution >= 0.6 is 0 Å². The van der Waals surface area contributed by atoms with Gasteiger partial charge in [-0.3, -0.25) is 4.79 Å². The Bertz CT molecular complexity index is 620. The summed E-state index contributed by atoms with van der Waals surface area (Å²) in [5, 5.41) is 6.06. The van der Waals surface area contributed by atoms with Crippen molar-refractivity contribution >= 4 is 17.3 Å². The van der Waals surface area contributed by atoms with Gasteiger partial charge in [-0.25, -0.2) is 0 Å². The van der Waals surface area contributed by atoms with Crippen molar-refractivity contribution in [3.8, 4) is 0 Å². The lowest BCUT2D eigenvalue weighted by atomic mass is 10.1. The minimum absolute atomic E-state index is 0.0139. The Kier molecular flexibility index (Phi) is 5.42. The third kappa shape index (κ3) is 4.52. The quantitative estimate of drug-likeness (QED) is 0.862. The number of amides is 1. The predicted octanol–water partition coefficient (Wildman–Crippen LogP) is 2.79. The summed E-state index contributed by atoms with van der Waals surface area (Å²) >= 11 is 0. The zero-order chi connectivity index (χ0) is 15.9. The Balaban J connectivity index is 1.79. The standard InChI is InChI=1S/C18H23N3O/c1-14-6-4-5-7-15(14)12-20-18(22)13-19-16-8-10-17(11-9-16)21(2)3/h4-11,19H,12-13H2,1-3H3,(H,20,22). The van der Waals surface area contributed by atoms with Gasteiger partial charge in [0.25, 0.3) is 0 Å². The fourth-order valence-corrected chi connectivity index (χ4v) is 2.12. The van der Waals surface area contributed by atoms with E-state index in [0.29, 0.717) is 6.54 Å². The molecular formula is C18H23N3O. The Morgan fingerprint density at radius 1 is 1.05 bits per heavy atom. The maximum atomic E-state index is 11.9. The highest BCUT2D eigenvalue weighted by atomic mass is 16.1. The third-order valence-corrected chi connectivity index (χ3v) is 3.57. The maximum Gasteiger partial charge on any atom is 0.239 e. The molecular weight excluding hydrogens is 274 g/mol. The van der Waals surface area contributed by atoms with Crippen molar-refractivity contribution in [2.75, 3.05) is 30.9 Å². The first-order valence-corrected chi connectivity index (χ1v) is 7.39. The van der Waals surface area contributed by atoms with E-state index in [0.717, 1.165) is 16.9 Å². The number of aryl methyl sites for hydroxylation is 1. The predicted molar refractivity (Wildman–Crippen MR) is 92.3 cm³/mol. The highest BCUT2D eigenvalue weighted by Crippen LogP contribution is 2.15. The van der Waals surface area contributed by atoms with Crippen molar-refractivity contribution in [1.82, 2.24) is 5.32 Å². The van der Waals surface area contributed by atoms with Gasteiger partial charge in [0.1, 0.15) is 0 Å². The molecule has 2 aromatic carbocycles. The minimum atomic E-state index is -0.0139. The number of anilines is 2. The van der Waals surface area contributed by atoms with Crippen molar-refractivity contribution in [2.24, 2.45) is 0 Å². The van der Waals surface area contributed by atoms with Crippen LogP contribution in [0.1, 0.15) is 11.1 Å². The van der Waals surface area contributed by atoms with E-state index in [9.17, 15) is 4.79 Å². The first kappa shape index (κ1) is 15.9. The van der Waals surface area contributed by atoms with Crippen LogP contribution in [0.25, 0.3) is 0 Å². The fourth-order valence-electron chi connectivity index (χ4n) is 2.12. The molecule has 0 bridgehead atoms. The lowest BCUT2D eigenvalue weighted by molar-refractivity contribution is -0.119. The van der Waals surface area contributed by atoms with E-state index in [2.05, 4.69) is 10.6 Å². The van der Waals surface area contributed by atoms with Crippen LogP contribution in [-0.4, -0.2) is 26.5 Å². The fraction of sp³-hybridized carbons (Fsp3) is 0.278. The van der Waals surface area contributed by atoms with Gasteiger partial charge in [0.05, 0.1) is 6.54 Å². The van der Waals surface area contributed by atoms with Crippen molar-refractivity contribution in [1.29, 1.82) is 0 Å². The average molecular weight is 297 g/mol. The van der Waals surface area contributed by atoms with Gasteiger partial charge in [-0.2, -0.15) is 0 Å². The van der Waals surface area contributed by atoms with Gasteiger partial charge in [-0.1, -0.05) is 24.3 Å². The first-order valence-electron chi connectivity index (χ1n) is 7.39. The molecule has 0 saturated heterocycles. The molecule has 0 fully saturated rings. The van der Waals surface area contributed by atoms with Crippen LogP contribution in [-0.2, 0) is 11.3 Å². The summed E-state index contributed by atoms with van der Waals surface area (Å²) in [4.78, 5) is 13.9. The number of carbonyl (C=O) groups excluding carboxylic acids is 1. The van der Waals surface area contributed by atoms with Gasteiger partial charge in [0.15, 0.2) is 0 Å². The zero-order valence-corrected chi connectivity index (χ0v) is 13.4. The summed E-state index contributed by atoms with van der Waals surface area (Å²) in [6.45, 7) is 2.88. The van der Waals surface area contributed by atoms with Gasteiger partial charge in [-0.15, -0.1) is 0 Å². The Labute approximate surface area is 132 Å². The van der Waals surface area contributed by atoms with E-state index in [1.54, 1.807) is 0 Å². The summed E-state index contributed by atoms with van der Waals surface area (Å²) in [5.74, 6) is -0.0139. The normalized spacial score (nSPS) is 10.1. The van der Waals surface area contributed by atoms with E-state index in [4.69, 9.17) is 0 Å². The van der Waals surface area contributed by atoms with Crippen molar-refractivity contribution in [3.05, 3.63) is 59.7 Å². The van der Waals surface area contributed by atoms with Crippen molar-refractivity contribution < 1.29 is 4.79 Å². The molecule has 0 radical (unpaired) electrons. The molecule has 0 atom stereocenters. The van der Waals surface area contributed by atoms with Gasteiger partial charge >= 0.3 is 0 Å². The van der Waals surface area contributed by atoms with Crippen LogP contribution in [0, 0.1) is 6.92 Å². The first-order chi connectivity index (χ1) is 10.6. The second kappa shape index (κ2) is 7.50. The van der Waals surface area contributed by atoms with Gasteiger partial charge in [0.2, 0.25) is 5.91 Å². The topological polar surface area (TPSA) is 44.4 Å². The van der Waals surface area contributed by atoms with Crippen LogP contribution in [0.4, 0.5) is 11.4 Å². The Morgan fingerprint density at radius 2 is 1.73 bits per heavy atom. The molecule has 2 rings (SSSR count). The number of benzene rings is 2. The molecule has 0 aliphatic carbocycles. The van der Waals surface area contributed by atoms with Crippen LogP contribution < -0.4 is 15.5 Å². The van der Waals surface area contributed by atoms with E-state index in [1.165, 1.54) is 5.56 Å². The second-order valence-electron chi connectivity index (χ2n) is 5.50. The number of carbonyl (C=O) groups is 1. The number of hydrogen-bond acceptors (Lipinski definition) is 3. The molecule has 0 aliphatic rings. The molecule has 0 unspecified atom stereocenters. The van der Waals surface area contributed by atoms with Gasteiger partial charge < -0.3 is 15.5 Å². The lowest BCUT2D eigenvalue weighted by Crippen LogP contribution is -2.29. The molecule has 4 nitrogen and oxygen atoms in total. The molecule has 4 heteroatoms. The summed E-state index contributed by atoms with van der Waals surface area (Å²) in [6, 6.07) is 16.1. The van der Waals surface area contributed by atoms with E-state index >= 15 is 0 Å². The van der Waals surface area contributed by atoms with Gasteiger partial charge in [0, 0.05) is 32.0 Å². The molecule has 0 aromatic heterocycles. The van der Waals surface area contributed by atoms with Crippen LogP contribution in [0.3, 0.4) is 0 Å². The van der Waals surface area contributed by atoms with Crippen LogP contribution in [0.2, 0.25) is 0 Å². The van der Waals surface area contributed by atoms with Crippen molar-refractivity contribution in [3.63, 3.8) is 0 Å². The minimum Gasteiger partial charge on any atom is -0.378 e. The summed E-state index contributed by atoms with van der Waals surface area (Å²) in [5.41, 5.74) is 4.41. The highest BCUT2D eigenvalue weighted by molar-refractivity contribution is 5.80. The van der Waals surface area contributed by atoms with E-state index in [1.807, 2.05) is 74.4 Å². The SMILES string of the molecule is Cc1ccccc1CNC(=O)CNc1ccc(N(C)C)cc1. The van der Waals surface area contributed by atoms with Crippen molar-refractivity contribution in [2.45, 2.75) is 13.5 Å². The smallest absolute Gasteiger partial charge is 0.239 e. The zero-order valence-electron chi connectivity index (χ0n) is 13.4. The molecule has 1 amide bonds. The third-order valence-electron chi connectivity index (χ3n) is 3.57. The molecule has 0 heterocycles. The lowest BCUT2D eigenvalue weighted by Gasteiger charge is -2.13. The molecule has 2 aromatic rings. The van der Waals surface area contributed by atoms with Gasteiger partial charge in [-0.05, 0) is 42.3 Å². The summed E-state index contributed by atoms with van der Waals surface area (Å²) < 4.78 is 0. The monoisotopic (exact) mass is 297 g/mol. The number of rotatable bonds is 6. The summed E-state index contributed by atoms with van der Waals surface area (Å²) in [7, 11) is 4.00. The second-order valence-corrected chi connectivity index (χ2v) is 5.50. The van der Waals surface area contributed by atoms with Crippen LogP contribution in [0.15, 0.2) is 48.5 Å². The largest absolute Gasteiger partial charge is 0.378 e. The summed E-state index contributed by atoms with van der Waals surface area (Å²) in [6.07, 6.45) is 0. The van der Waals surface area contributed by atoms with E-state index < -0.39 is 0 Å². The molecule has 0 aliphatic heterocycles. The number of nitrogens with zero attached hydrogens (tertiary/aromatic N) is 1. The molecule has 0 saturated carbocycles. The molecule has 116 valence electrons. The maximum absolute atomic E-state index is 11.9. The Morgan fingerprint density at radius 3 is 2.36 bits per heavy atom. The molecule has 22 heavy (non-hydrogen) atoms. The molecule has 2 N–H and O–H groups in total. The van der Waals surface area contributed by atoms with E-state index in [-0.39, 0.29) is 12.5 Å². The number of nitrogens with one attached hydrogen (secondary N) is 2. The highest BCUT2D eigenvalue weighted by Gasteiger charge is 2.03. The number of hydrogen-bond donors (Lipinski definition) is 2. The average Bonchev–Trinajstić information content (AvgIpc) is 2.52.